The highest BCUT2D eigenvalue weighted by Gasteiger charge is 2.32. The molecule has 2 rings (SSSR count). The van der Waals surface area contributed by atoms with E-state index in [2.05, 4.69) is 19.2 Å². The van der Waals surface area contributed by atoms with E-state index in [1.54, 1.807) is 4.90 Å². The summed E-state index contributed by atoms with van der Waals surface area (Å²) in [7, 11) is 0. The number of hydrogen-bond acceptors (Lipinski definition) is 2. The van der Waals surface area contributed by atoms with Crippen LogP contribution in [0.3, 0.4) is 0 Å². The molecule has 1 fully saturated rings. The summed E-state index contributed by atoms with van der Waals surface area (Å²) >= 11 is 0. The minimum absolute atomic E-state index is 0.0430. The van der Waals surface area contributed by atoms with Gasteiger partial charge in [0.05, 0.1) is 6.54 Å². The van der Waals surface area contributed by atoms with Crippen LogP contribution in [0.4, 0.5) is 0 Å². The minimum Gasteiger partial charge on any atom is -0.342 e. The number of nitrogens with zero attached hydrogens (tertiary/aromatic N) is 1. The van der Waals surface area contributed by atoms with Gasteiger partial charge < -0.3 is 10.2 Å². The highest BCUT2D eigenvalue weighted by Crippen LogP contribution is 2.13. The molecule has 1 saturated heterocycles. The van der Waals surface area contributed by atoms with Gasteiger partial charge in [0.1, 0.15) is 6.04 Å². The summed E-state index contributed by atoms with van der Waals surface area (Å²) < 4.78 is 0. The van der Waals surface area contributed by atoms with Gasteiger partial charge in [-0.25, -0.2) is 0 Å². The van der Waals surface area contributed by atoms with Crippen LogP contribution < -0.4 is 5.32 Å². The van der Waals surface area contributed by atoms with Gasteiger partial charge in [0.25, 0.3) is 0 Å². The van der Waals surface area contributed by atoms with E-state index in [1.807, 2.05) is 30.3 Å². The van der Waals surface area contributed by atoms with Gasteiger partial charge in [-0.2, -0.15) is 0 Å². The van der Waals surface area contributed by atoms with Crippen molar-refractivity contribution in [2.24, 2.45) is 5.92 Å². The van der Waals surface area contributed by atoms with Crippen LogP contribution in [0.15, 0.2) is 30.3 Å². The number of carbonyl (C=O) groups is 2. The molecule has 0 radical (unpaired) electrons. The lowest BCUT2D eigenvalue weighted by molar-refractivity contribution is -0.144. The second-order valence-corrected chi connectivity index (χ2v) is 5.92. The van der Waals surface area contributed by atoms with Crippen LogP contribution in [0.2, 0.25) is 0 Å². The normalized spacial score (nSPS) is 20.3. The number of carbonyl (C=O) groups excluding carboxylic acids is 2. The fourth-order valence-electron chi connectivity index (χ4n) is 2.88. The van der Waals surface area contributed by atoms with E-state index in [4.69, 9.17) is 0 Å². The quantitative estimate of drug-likeness (QED) is 0.870. The van der Waals surface area contributed by atoms with Crippen LogP contribution in [0.25, 0.3) is 0 Å². The number of hydrogen-bond donors (Lipinski definition) is 1. The largest absolute Gasteiger partial charge is 0.342 e. The van der Waals surface area contributed by atoms with Gasteiger partial charge in [0.15, 0.2) is 0 Å². The summed E-state index contributed by atoms with van der Waals surface area (Å²) in [5.41, 5.74) is 1.07. The zero-order valence-corrected chi connectivity index (χ0v) is 12.8. The monoisotopic (exact) mass is 288 g/mol. The first-order valence-corrected chi connectivity index (χ1v) is 7.72. The predicted molar refractivity (Wildman–Crippen MR) is 82.7 cm³/mol. The van der Waals surface area contributed by atoms with E-state index >= 15 is 0 Å². The van der Waals surface area contributed by atoms with Crippen LogP contribution in [0.5, 0.6) is 0 Å². The molecule has 2 atom stereocenters. The molecule has 0 bridgehead atoms. The predicted octanol–water partition coefficient (Wildman–Crippen LogP) is 1.99. The maximum Gasteiger partial charge on any atom is 0.245 e. The topological polar surface area (TPSA) is 49.4 Å². The molecule has 0 aliphatic carbocycles. The molecule has 2 unspecified atom stereocenters. The molecule has 1 aliphatic heterocycles. The lowest BCUT2D eigenvalue weighted by Gasteiger charge is -2.34. The molecular formula is C17H24N2O2. The van der Waals surface area contributed by atoms with E-state index in [1.165, 1.54) is 0 Å². The second kappa shape index (κ2) is 7.25. The fourth-order valence-corrected chi connectivity index (χ4v) is 2.88. The highest BCUT2D eigenvalue weighted by atomic mass is 16.2. The van der Waals surface area contributed by atoms with E-state index < -0.39 is 6.04 Å². The Morgan fingerprint density at radius 3 is 2.67 bits per heavy atom. The molecule has 1 aromatic rings. The third kappa shape index (κ3) is 4.31. The van der Waals surface area contributed by atoms with Gasteiger partial charge in [0.2, 0.25) is 11.8 Å². The average molecular weight is 288 g/mol. The van der Waals surface area contributed by atoms with Crippen molar-refractivity contribution in [2.45, 2.75) is 39.2 Å². The van der Waals surface area contributed by atoms with Crippen LogP contribution >= 0.6 is 0 Å². The summed E-state index contributed by atoms with van der Waals surface area (Å²) in [5, 5.41) is 2.82. The maximum atomic E-state index is 12.5. The Morgan fingerprint density at radius 1 is 1.29 bits per heavy atom. The number of amides is 2. The van der Waals surface area contributed by atoms with Gasteiger partial charge in [-0.1, -0.05) is 50.6 Å². The van der Waals surface area contributed by atoms with Crippen LogP contribution in [-0.2, 0) is 16.0 Å². The van der Waals surface area contributed by atoms with E-state index in [-0.39, 0.29) is 18.4 Å². The molecule has 1 aromatic carbocycles. The molecular weight excluding hydrogens is 264 g/mol. The number of nitrogens with one attached hydrogen (secondary N) is 1. The first kappa shape index (κ1) is 15.5. The summed E-state index contributed by atoms with van der Waals surface area (Å²) in [4.78, 5) is 26.1. The van der Waals surface area contributed by atoms with Crippen LogP contribution in [-0.4, -0.2) is 35.8 Å². The van der Waals surface area contributed by atoms with Crippen LogP contribution in [0.1, 0.15) is 32.3 Å². The second-order valence-electron chi connectivity index (χ2n) is 5.92. The maximum absolute atomic E-state index is 12.5. The Balaban J connectivity index is 2.01. The zero-order chi connectivity index (χ0) is 15.2. The summed E-state index contributed by atoms with van der Waals surface area (Å²) in [6.07, 6.45) is 2.74. The van der Waals surface area contributed by atoms with Crippen molar-refractivity contribution in [1.29, 1.82) is 0 Å². The number of benzene rings is 1. The molecule has 114 valence electrons. The molecule has 21 heavy (non-hydrogen) atoms. The molecule has 1 heterocycles. The Bertz CT molecular complexity index is 487. The number of piperazine rings is 1. The molecule has 4 nitrogen and oxygen atoms in total. The van der Waals surface area contributed by atoms with Gasteiger partial charge in [0, 0.05) is 13.0 Å². The molecule has 0 aromatic heterocycles. The van der Waals surface area contributed by atoms with Gasteiger partial charge in [-0.3, -0.25) is 9.59 Å². The van der Waals surface area contributed by atoms with Crippen molar-refractivity contribution in [2.75, 3.05) is 13.1 Å². The summed E-state index contributed by atoms with van der Waals surface area (Å²) in [6, 6.07) is 9.39. The van der Waals surface area contributed by atoms with Gasteiger partial charge >= 0.3 is 0 Å². The van der Waals surface area contributed by atoms with Crippen LogP contribution in [0, 0.1) is 5.92 Å². The van der Waals surface area contributed by atoms with E-state index in [0.29, 0.717) is 18.9 Å². The highest BCUT2D eigenvalue weighted by molar-refractivity contribution is 5.95. The van der Waals surface area contributed by atoms with E-state index in [9.17, 15) is 9.59 Å². The first-order chi connectivity index (χ1) is 10.1. The number of rotatable bonds is 6. The molecule has 1 aliphatic rings. The van der Waals surface area contributed by atoms with Crippen molar-refractivity contribution < 1.29 is 9.59 Å². The third-order valence-electron chi connectivity index (χ3n) is 3.88. The van der Waals surface area contributed by atoms with Crippen molar-refractivity contribution in [3.63, 3.8) is 0 Å². The van der Waals surface area contributed by atoms with E-state index in [0.717, 1.165) is 18.4 Å². The fraction of sp³-hybridized carbons (Fsp3) is 0.529. The minimum atomic E-state index is -0.428. The summed E-state index contributed by atoms with van der Waals surface area (Å²) in [5.74, 6) is 0.419. The van der Waals surface area contributed by atoms with Gasteiger partial charge in [-0.15, -0.1) is 0 Å². The lowest BCUT2D eigenvalue weighted by Crippen LogP contribution is -2.59. The molecule has 1 N–H and O–H groups in total. The molecule has 2 amide bonds. The van der Waals surface area contributed by atoms with Gasteiger partial charge in [-0.05, 0) is 17.9 Å². The van der Waals surface area contributed by atoms with Crippen molar-refractivity contribution in [3.05, 3.63) is 35.9 Å². The average Bonchev–Trinajstić information content (AvgIpc) is 2.45. The SMILES string of the molecule is CCCC(C)CN1CC(=O)NC(Cc2ccccc2)C1=O. The standard InChI is InChI=1S/C17H24N2O2/c1-3-7-13(2)11-19-12-16(20)18-15(17(19)21)10-14-8-5-4-6-9-14/h4-6,8-9,13,15H,3,7,10-12H2,1-2H3,(H,18,20). The Hall–Kier alpha value is -1.84. The third-order valence-corrected chi connectivity index (χ3v) is 3.88. The van der Waals surface area contributed by atoms with Crippen molar-refractivity contribution >= 4 is 11.8 Å². The zero-order valence-electron chi connectivity index (χ0n) is 12.8. The smallest absolute Gasteiger partial charge is 0.245 e. The summed E-state index contributed by atoms with van der Waals surface area (Å²) in [6.45, 7) is 5.14. The molecule has 0 spiro atoms. The Labute approximate surface area is 126 Å². The molecule has 4 heteroatoms. The Kier molecular flexibility index (Phi) is 5.37. The molecule has 0 saturated carbocycles. The lowest BCUT2D eigenvalue weighted by atomic mass is 10.0. The Morgan fingerprint density at radius 2 is 2.00 bits per heavy atom. The van der Waals surface area contributed by atoms with Crippen molar-refractivity contribution in [3.8, 4) is 0 Å². The first-order valence-electron chi connectivity index (χ1n) is 7.72. The van der Waals surface area contributed by atoms with Crippen molar-refractivity contribution in [1.82, 2.24) is 10.2 Å².